The number of halogens is 1. The molecule has 1 aromatic heterocycles. The number of H-pyrrole nitrogens is 1. The number of nitrogens with zero attached hydrogens (tertiary/aromatic N) is 1. The van der Waals surface area contributed by atoms with E-state index in [2.05, 4.69) is 23.0 Å². The average molecular weight is 322 g/mol. The van der Waals surface area contributed by atoms with Crippen molar-refractivity contribution in [1.82, 2.24) is 9.88 Å². The van der Waals surface area contributed by atoms with Crippen LogP contribution in [0, 0.1) is 17.8 Å². The average Bonchev–Trinajstić information content (AvgIpc) is 2.87. The third-order valence-corrected chi connectivity index (χ3v) is 6.32. The number of benzene rings is 1. The topological polar surface area (TPSA) is 36.1 Å². The van der Waals surface area contributed by atoms with Crippen LogP contribution in [-0.2, 0) is 11.2 Å². The summed E-state index contributed by atoms with van der Waals surface area (Å²) in [5.41, 5.74) is 2.27. The van der Waals surface area contributed by atoms with Crippen molar-refractivity contribution in [2.24, 2.45) is 5.41 Å². The van der Waals surface area contributed by atoms with Crippen LogP contribution in [0.25, 0.3) is 10.9 Å². The van der Waals surface area contributed by atoms with Gasteiger partial charge in [-0.3, -0.25) is 4.79 Å². The van der Waals surface area contributed by atoms with E-state index >= 15 is 0 Å². The molecule has 24 heavy (non-hydrogen) atoms. The second-order valence-electron chi connectivity index (χ2n) is 7.92. The molecule has 0 radical (unpaired) electrons. The van der Waals surface area contributed by atoms with E-state index in [-0.39, 0.29) is 23.4 Å². The Kier molecular flexibility index (Phi) is 2.48. The molecule has 3 fully saturated rings. The number of fused-ring (bicyclic) bond motifs is 3. The van der Waals surface area contributed by atoms with Crippen LogP contribution < -0.4 is 0 Å². The van der Waals surface area contributed by atoms with Gasteiger partial charge in [0, 0.05) is 28.1 Å². The number of aromatic amines is 1. The number of rotatable bonds is 1. The summed E-state index contributed by atoms with van der Waals surface area (Å²) in [6.07, 6.45) is 7.84. The summed E-state index contributed by atoms with van der Waals surface area (Å²) >= 11 is 0. The molecule has 2 bridgehead atoms. The molecule has 2 heterocycles. The minimum Gasteiger partial charge on any atom is -0.356 e. The van der Waals surface area contributed by atoms with Gasteiger partial charge in [0.1, 0.15) is 5.67 Å². The van der Waals surface area contributed by atoms with E-state index in [1.807, 2.05) is 24.0 Å². The van der Waals surface area contributed by atoms with Gasteiger partial charge in [0.15, 0.2) is 0 Å². The predicted molar refractivity (Wildman–Crippen MR) is 90.0 cm³/mol. The highest BCUT2D eigenvalue weighted by Gasteiger charge is 2.74. The fourth-order valence-electron chi connectivity index (χ4n) is 5.48. The van der Waals surface area contributed by atoms with Crippen LogP contribution in [0.1, 0.15) is 43.5 Å². The van der Waals surface area contributed by atoms with Crippen LogP contribution in [0.2, 0.25) is 0 Å². The van der Waals surface area contributed by atoms with Crippen LogP contribution in [0.15, 0.2) is 24.3 Å². The molecular weight excluding hydrogens is 303 g/mol. The molecule has 0 spiro atoms. The lowest BCUT2D eigenvalue weighted by molar-refractivity contribution is -0.250. The molecular formula is C20H19FN2O. The van der Waals surface area contributed by atoms with Gasteiger partial charge in [0.05, 0.1) is 6.04 Å². The number of carbonyl (C=O) groups is 1. The lowest BCUT2D eigenvalue weighted by atomic mass is 9.39. The van der Waals surface area contributed by atoms with E-state index in [9.17, 15) is 9.18 Å². The minimum absolute atomic E-state index is 0.0230. The van der Waals surface area contributed by atoms with Crippen LogP contribution >= 0.6 is 0 Å². The molecule has 1 aromatic carbocycles. The zero-order chi connectivity index (χ0) is 16.7. The largest absolute Gasteiger partial charge is 0.356 e. The summed E-state index contributed by atoms with van der Waals surface area (Å²) in [7, 11) is 0. The number of carbonyl (C=O) groups excluding carboxylic acids is 1. The maximum atomic E-state index is 14.2. The van der Waals surface area contributed by atoms with Crippen molar-refractivity contribution in [1.29, 1.82) is 0 Å². The van der Waals surface area contributed by atoms with Gasteiger partial charge in [-0.2, -0.15) is 0 Å². The fraction of sp³-hybridized carbons (Fsp3) is 0.450. The van der Waals surface area contributed by atoms with Gasteiger partial charge in [0.2, 0.25) is 0 Å². The van der Waals surface area contributed by atoms with Crippen molar-refractivity contribution in [2.75, 3.05) is 0 Å². The predicted octanol–water partition coefficient (Wildman–Crippen LogP) is 3.51. The molecule has 1 aliphatic heterocycles. The zero-order valence-electron chi connectivity index (χ0n) is 13.6. The summed E-state index contributed by atoms with van der Waals surface area (Å²) in [5.74, 6) is 2.00. The third-order valence-electron chi connectivity index (χ3n) is 6.32. The van der Waals surface area contributed by atoms with E-state index in [1.165, 1.54) is 10.9 Å². The molecule has 1 amide bonds. The van der Waals surface area contributed by atoms with Crippen LogP contribution in [0.4, 0.5) is 4.39 Å². The van der Waals surface area contributed by atoms with E-state index in [1.54, 1.807) is 0 Å². The molecule has 4 heteroatoms. The Morgan fingerprint density at radius 1 is 1.38 bits per heavy atom. The van der Waals surface area contributed by atoms with Crippen molar-refractivity contribution >= 4 is 16.8 Å². The summed E-state index contributed by atoms with van der Waals surface area (Å²) in [6.45, 7) is 2.05. The van der Waals surface area contributed by atoms with Crippen molar-refractivity contribution in [3.05, 3.63) is 35.5 Å². The Morgan fingerprint density at radius 2 is 2.08 bits per heavy atom. The van der Waals surface area contributed by atoms with Crippen LogP contribution in [-0.4, -0.2) is 27.5 Å². The van der Waals surface area contributed by atoms with Crippen molar-refractivity contribution in [2.45, 2.75) is 50.4 Å². The summed E-state index contributed by atoms with van der Waals surface area (Å²) in [6, 6.07) is 8.10. The highest BCUT2D eigenvalue weighted by molar-refractivity contribution is 5.94. The lowest BCUT2D eigenvalue weighted by Crippen LogP contribution is -2.70. The SMILES string of the molecule is C#CC(=O)N1[C@@H](C)Cc2c([nH]c3ccccc23)[C@@H]1C12CC(F)(C1)C2. The molecule has 0 unspecified atom stereocenters. The van der Waals surface area contributed by atoms with Gasteiger partial charge in [-0.25, -0.2) is 4.39 Å². The summed E-state index contributed by atoms with van der Waals surface area (Å²) < 4.78 is 14.2. The van der Waals surface area contributed by atoms with Crippen molar-refractivity contribution < 1.29 is 9.18 Å². The maximum absolute atomic E-state index is 14.2. The van der Waals surface area contributed by atoms with Gasteiger partial charge in [-0.05, 0) is 50.2 Å². The Hall–Kier alpha value is -2.28. The first kappa shape index (κ1) is 14.1. The maximum Gasteiger partial charge on any atom is 0.299 e. The fourth-order valence-corrected chi connectivity index (χ4v) is 5.48. The third kappa shape index (κ3) is 1.55. The Balaban J connectivity index is 1.71. The van der Waals surface area contributed by atoms with Gasteiger partial charge in [0.25, 0.3) is 5.91 Å². The molecule has 6 rings (SSSR count). The standard InChI is InChI=1S/C20H19FN2O/c1-3-16(24)23-12(2)8-14-13-6-4-5-7-15(13)22-17(14)18(23)19-9-20(21,10-19)11-19/h1,4-7,12,18,22H,8-11H2,2H3/t12-,18+,19?,20?/m0/s1. The highest BCUT2D eigenvalue weighted by atomic mass is 19.1. The Bertz CT molecular complexity index is 902. The Morgan fingerprint density at radius 3 is 2.75 bits per heavy atom. The number of para-hydroxylation sites is 1. The lowest BCUT2D eigenvalue weighted by Gasteiger charge is -2.70. The second-order valence-corrected chi connectivity index (χ2v) is 7.92. The molecule has 3 aliphatic carbocycles. The number of alkyl halides is 1. The number of hydrogen-bond acceptors (Lipinski definition) is 1. The molecule has 3 saturated carbocycles. The minimum atomic E-state index is -1.00. The van der Waals surface area contributed by atoms with Crippen molar-refractivity contribution in [3.8, 4) is 12.3 Å². The molecule has 122 valence electrons. The number of amides is 1. The van der Waals surface area contributed by atoms with Crippen LogP contribution in [0.3, 0.4) is 0 Å². The van der Waals surface area contributed by atoms with E-state index in [0.29, 0.717) is 19.3 Å². The molecule has 2 aromatic rings. The summed E-state index contributed by atoms with van der Waals surface area (Å²) in [4.78, 5) is 17.8. The number of hydrogen-bond donors (Lipinski definition) is 1. The van der Waals surface area contributed by atoms with E-state index in [0.717, 1.165) is 17.6 Å². The number of terminal acetylenes is 1. The Labute approximate surface area is 140 Å². The monoisotopic (exact) mass is 322 g/mol. The number of aromatic nitrogens is 1. The molecule has 2 atom stereocenters. The van der Waals surface area contributed by atoms with E-state index in [4.69, 9.17) is 6.42 Å². The first-order valence-corrected chi connectivity index (χ1v) is 8.54. The highest BCUT2D eigenvalue weighted by Crippen LogP contribution is 2.75. The molecule has 1 N–H and O–H groups in total. The molecule has 3 nitrogen and oxygen atoms in total. The van der Waals surface area contributed by atoms with Gasteiger partial charge in [-0.15, -0.1) is 6.42 Å². The number of nitrogens with one attached hydrogen (secondary N) is 1. The second kappa shape index (κ2) is 4.22. The first-order valence-electron chi connectivity index (χ1n) is 8.54. The van der Waals surface area contributed by atoms with Crippen LogP contribution in [0.5, 0.6) is 0 Å². The zero-order valence-corrected chi connectivity index (χ0v) is 13.6. The summed E-state index contributed by atoms with van der Waals surface area (Å²) in [5, 5.41) is 1.21. The normalized spacial score (nSPS) is 36.5. The first-order chi connectivity index (χ1) is 11.5. The van der Waals surface area contributed by atoms with Crippen molar-refractivity contribution in [3.63, 3.8) is 0 Å². The molecule has 0 saturated heterocycles. The van der Waals surface area contributed by atoms with E-state index < -0.39 is 5.67 Å². The van der Waals surface area contributed by atoms with Gasteiger partial charge < -0.3 is 9.88 Å². The van der Waals surface area contributed by atoms with Gasteiger partial charge in [-0.1, -0.05) is 18.2 Å². The smallest absolute Gasteiger partial charge is 0.299 e. The molecule has 4 aliphatic rings. The quantitative estimate of drug-likeness (QED) is 0.802. The van der Waals surface area contributed by atoms with Gasteiger partial charge >= 0.3 is 0 Å².